The maximum atomic E-state index is 8.72. The smallest absolute Gasteiger partial charge is 0.109 e. The lowest BCUT2D eigenvalue weighted by Gasteiger charge is -2.20. The van der Waals surface area contributed by atoms with Gasteiger partial charge in [-0.15, -0.1) is 0 Å². The van der Waals surface area contributed by atoms with E-state index in [1.165, 1.54) is 43.4 Å². The Bertz CT molecular complexity index is 2640. The third-order valence-corrected chi connectivity index (χ3v) is 9.39. The number of para-hydroxylation sites is 1. The summed E-state index contributed by atoms with van der Waals surface area (Å²) in [4.78, 5) is 4.61. The van der Waals surface area contributed by atoms with Crippen LogP contribution in [-0.4, -0.2) is 16.4 Å². The zero-order chi connectivity index (χ0) is 32.7. The van der Waals surface area contributed by atoms with Gasteiger partial charge >= 0.3 is 0 Å². The van der Waals surface area contributed by atoms with Crippen LogP contribution in [0.3, 0.4) is 0 Å². The molecule has 0 unspecified atom stereocenters. The van der Waals surface area contributed by atoms with E-state index in [4.69, 9.17) is 10.5 Å². The Hall–Kier alpha value is -6.65. The first-order valence-electron chi connectivity index (χ1n) is 16.4. The van der Waals surface area contributed by atoms with Crippen molar-refractivity contribution in [2.45, 2.75) is 0 Å². The SMILES string of the molecule is N=C1C=CC(c2c3ccccc3c(-c3cccc4ccccc34)c3ccccc23)=C/C1=N/Nc1ccc(-c2cnc3ccccc3c2)cc1. The highest BCUT2D eigenvalue weighted by Crippen LogP contribution is 2.44. The van der Waals surface area contributed by atoms with Gasteiger partial charge in [0, 0.05) is 17.1 Å². The lowest BCUT2D eigenvalue weighted by molar-refractivity contribution is 1.34. The predicted molar refractivity (Wildman–Crippen MR) is 207 cm³/mol. The number of pyridine rings is 1. The number of allylic oxidation sites excluding steroid dienone is 4. The first-order valence-corrected chi connectivity index (χ1v) is 16.4. The van der Waals surface area contributed by atoms with Crippen LogP contribution in [0.5, 0.6) is 0 Å². The Morgan fingerprint density at radius 3 is 1.88 bits per heavy atom. The molecule has 0 atom stereocenters. The summed E-state index contributed by atoms with van der Waals surface area (Å²) in [7, 11) is 0. The fourth-order valence-corrected chi connectivity index (χ4v) is 7.04. The second-order valence-corrected chi connectivity index (χ2v) is 12.3. The maximum Gasteiger partial charge on any atom is 0.109 e. The molecule has 0 aliphatic heterocycles. The molecule has 0 spiro atoms. The summed E-state index contributed by atoms with van der Waals surface area (Å²) in [5, 5.41) is 21.7. The van der Waals surface area contributed by atoms with E-state index < -0.39 is 0 Å². The number of hydrazone groups is 1. The van der Waals surface area contributed by atoms with Gasteiger partial charge in [0.1, 0.15) is 5.71 Å². The number of rotatable bonds is 5. The maximum absolute atomic E-state index is 8.72. The van der Waals surface area contributed by atoms with Gasteiger partial charge in [-0.25, -0.2) is 0 Å². The van der Waals surface area contributed by atoms with Gasteiger partial charge in [-0.2, -0.15) is 5.10 Å². The van der Waals surface area contributed by atoms with Crippen LogP contribution in [0.15, 0.2) is 175 Å². The van der Waals surface area contributed by atoms with E-state index >= 15 is 0 Å². The first kappa shape index (κ1) is 28.6. The van der Waals surface area contributed by atoms with Crippen LogP contribution in [-0.2, 0) is 0 Å². The molecule has 0 bridgehead atoms. The first-order chi connectivity index (χ1) is 24.2. The molecule has 1 aliphatic rings. The third kappa shape index (κ3) is 5.07. The van der Waals surface area contributed by atoms with Crippen molar-refractivity contribution >= 4 is 65.9 Å². The Morgan fingerprint density at radius 1 is 0.531 bits per heavy atom. The van der Waals surface area contributed by atoms with Crippen LogP contribution in [0, 0.1) is 5.41 Å². The minimum absolute atomic E-state index is 0.357. The average molecular weight is 627 g/mol. The van der Waals surface area contributed by atoms with E-state index in [0.717, 1.165) is 38.9 Å². The van der Waals surface area contributed by atoms with Crippen molar-refractivity contribution in [1.82, 2.24) is 4.98 Å². The molecular formula is C45H30N4. The van der Waals surface area contributed by atoms with Crippen molar-refractivity contribution in [1.29, 1.82) is 5.41 Å². The Labute approximate surface area is 283 Å². The van der Waals surface area contributed by atoms with Gasteiger partial charge in [0.25, 0.3) is 0 Å². The molecule has 0 radical (unpaired) electrons. The summed E-state index contributed by atoms with van der Waals surface area (Å²) >= 11 is 0. The summed E-state index contributed by atoms with van der Waals surface area (Å²) in [6.45, 7) is 0. The minimum Gasteiger partial charge on any atom is -0.299 e. The molecule has 0 saturated carbocycles. The lowest BCUT2D eigenvalue weighted by atomic mass is 9.83. The molecule has 1 heterocycles. The minimum atomic E-state index is 0.357. The number of nitrogens with one attached hydrogen (secondary N) is 2. The molecule has 8 aromatic rings. The van der Waals surface area contributed by atoms with E-state index in [2.05, 4.69) is 126 Å². The Morgan fingerprint density at radius 2 is 1.14 bits per heavy atom. The van der Waals surface area contributed by atoms with Crippen LogP contribution >= 0.6 is 0 Å². The van der Waals surface area contributed by atoms with Crippen LogP contribution in [0.2, 0.25) is 0 Å². The largest absolute Gasteiger partial charge is 0.299 e. The number of nitrogens with zero attached hydrogens (tertiary/aromatic N) is 2. The average Bonchev–Trinajstić information content (AvgIpc) is 3.16. The second-order valence-electron chi connectivity index (χ2n) is 12.3. The second kappa shape index (κ2) is 11.9. The fourth-order valence-electron chi connectivity index (χ4n) is 7.04. The molecule has 1 aliphatic carbocycles. The van der Waals surface area contributed by atoms with E-state index in [9.17, 15) is 0 Å². The van der Waals surface area contributed by atoms with Crippen molar-refractivity contribution in [2.24, 2.45) is 5.10 Å². The number of benzene rings is 7. The number of hydrogen-bond acceptors (Lipinski definition) is 4. The van der Waals surface area contributed by atoms with Crippen molar-refractivity contribution in [3.8, 4) is 22.3 Å². The number of aromatic nitrogens is 1. The highest BCUT2D eigenvalue weighted by Gasteiger charge is 2.20. The van der Waals surface area contributed by atoms with Crippen molar-refractivity contribution < 1.29 is 0 Å². The van der Waals surface area contributed by atoms with Gasteiger partial charge in [-0.1, -0.05) is 127 Å². The topological polar surface area (TPSA) is 61.1 Å². The summed E-state index contributed by atoms with van der Waals surface area (Å²) in [5.74, 6) is 0. The fraction of sp³-hybridized carbons (Fsp3) is 0. The summed E-state index contributed by atoms with van der Waals surface area (Å²) < 4.78 is 0. The van der Waals surface area contributed by atoms with E-state index in [1.54, 1.807) is 0 Å². The summed E-state index contributed by atoms with van der Waals surface area (Å²) in [5.41, 5.74) is 12.7. The molecule has 0 fully saturated rings. The van der Waals surface area contributed by atoms with E-state index in [0.29, 0.717) is 11.4 Å². The van der Waals surface area contributed by atoms with Crippen molar-refractivity contribution in [2.75, 3.05) is 5.43 Å². The van der Waals surface area contributed by atoms with Gasteiger partial charge in [-0.05, 0) is 96.6 Å². The predicted octanol–water partition coefficient (Wildman–Crippen LogP) is 11.5. The van der Waals surface area contributed by atoms with Gasteiger partial charge in [0.05, 0.1) is 16.9 Å². The van der Waals surface area contributed by atoms with Crippen molar-refractivity contribution in [3.05, 3.63) is 176 Å². The van der Waals surface area contributed by atoms with Crippen LogP contribution < -0.4 is 5.43 Å². The van der Waals surface area contributed by atoms with Gasteiger partial charge < -0.3 is 0 Å². The third-order valence-electron chi connectivity index (χ3n) is 9.39. The quantitative estimate of drug-likeness (QED) is 0.113. The molecule has 2 N–H and O–H groups in total. The van der Waals surface area contributed by atoms with Gasteiger partial charge in [0.2, 0.25) is 0 Å². The molecule has 49 heavy (non-hydrogen) atoms. The highest BCUT2D eigenvalue weighted by atomic mass is 15.3. The Balaban J connectivity index is 1.11. The number of fused-ring (bicyclic) bond motifs is 4. The van der Waals surface area contributed by atoms with Crippen LogP contribution in [0.25, 0.3) is 71.0 Å². The zero-order valence-electron chi connectivity index (χ0n) is 26.6. The van der Waals surface area contributed by atoms with Crippen LogP contribution in [0.4, 0.5) is 5.69 Å². The molecule has 4 heteroatoms. The molecule has 9 rings (SSSR count). The zero-order valence-corrected chi connectivity index (χ0v) is 26.6. The standard InChI is InChI=1S/C45H30N4/c46-41-25-22-32(27-43(41)49-48-34-23-20-29(21-24-34)33-26-31-11-2-8-19-42(31)47-28-33)44-37-14-4-6-16-39(37)45(40-17-7-5-15-38(40)44)36-18-9-12-30-10-1-3-13-35(30)36/h1-28,46,48H/b46-41?,49-43-. The molecule has 1 aromatic heterocycles. The summed E-state index contributed by atoms with van der Waals surface area (Å²) in [6.07, 6.45) is 7.82. The monoisotopic (exact) mass is 626 g/mol. The number of anilines is 1. The molecule has 4 nitrogen and oxygen atoms in total. The van der Waals surface area contributed by atoms with Gasteiger partial charge in [0.15, 0.2) is 0 Å². The Kier molecular flexibility index (Phi) is 6.91. The van der Waals surface area contributed by atoms with E-state index in [1.807, 2.05) is 54.8 Å². The molecular weight excluding hydrogens is 597 g/mol. The lowest BCUT2D eigenvalue weighted by Crippen LogP contribution is -2.14. The molecule has 7 aromatic carbocycles. The highest BCUT2D eigenvalue weighted by molar-refractivity contribution is 6.52. The molecule has 0 amide bonds. The van der Waals surface area contributed by atoms with Gasteiger partial charge in [-0.3, -0.25) is 15.8 Å². The molecule has 230 valence electrons. The summed E-state index contributed by atoms with van der Waals surface area (Å²) in [6, 6.07) is 50.9. The van der Waals surface area contributed by atoms with Crippen molar-refractivity contribution in [3.63, 3.8) is 0 Å². The molecule has 0 saturated heterocycles. The van der Waals surface area contributed by atoms with E-state index in [-0.39, 0.29) is 0 Å². The normalized spacial score (nSPS) is 13.8. The number of hydrogen-bond donors (Lipinski definition) is 2. The van der Waals surface area contributed by atoms with Crippen LogP contribution in [0.1, 0.15) is 5.56 Å².